The number of carboxylic acid groups (broad SMARTS) is 1. The van der Waals surface area contributed by atoms with Crippen molar-refractivity contribution in [3.8, 4) is 5.75 Å². The van der Waals surface area contributed by atoms with Crippen LogP contribution in [0.3, 0.4) is 0 Å². The van der Waals surface area contributed by atoms with Gasteiger partial charge in [0, 0.05) is 10.6 Å². The molecule has 5 nitrogen and oxygen atoms in total. The van der Waals surface area contributed by atoms with E-state index in [4.69, 9.17) is 21.4 Å². The zero-order valence-electron chi connectivity index (χ0n) is 12.4. The zero-order chi connectivity index (χ0) is 16.0. The average molecular weight is 314 g/mol. The molecule has 2 N–H and O–H groups in total. The number of hydrogen-bond acceptors (Lipinski definition) is 3. The Morgan fingerprint density at radius 3 is 2.57 bits per heavy atom. The fourth-order valence-corrected chi connectivity index (χ4v) is 2.23. The largest absolute Gasteiger partial charge is 0.496 e. The summed E-state index contributed by atoms with van der Waals surface area (Å²) in [5.41, 5.74) is 0.549. The highest BCUT2D eigenvalue weighted by molar-refractivity contribution is 6.31. The van der Waals surface area contributed by atoms with Crippen LogP contribution in [0.15, 0.2) is 18.2 Å². The molecule has 1 atom stereocenters. The van der Waals surface area contributed by atoms with Gasteiger partial charge in [0.1, 0.15) is 11.8 Å². The quantitative estimate of drug-likeness (QED) is 0.811. The lowest BCUT2D eigenvalue weighted by Crippen LogP contribution is -2.42. The molecule has 0 heterocycles. The van der Waals surface area contributed by atoms with Crippen LogP contribution >= 0.6 is 11.6 Å². The van der Waals surface area contributed by atoms with Crippen LogP contribution in [0.1, 0.15) is 25.8 Å². The van der Waals surface area contributed by atoms with Gasteiger partial charge in [-0.15, -0.1) is 0 Å². The Bertz CT molecular complexity index is 516. The number of benzene rings is 1. The topological polar surface area (TPSA) is 75.6 Å². The molecule has 0 radical (unpaired) electrons. The number of methoxy groups -OCH3 is 1. The van der Waals surface area contributed by atoms with Crippen molar-refractivity contribution in [2.75, 3.05) is 7.11 Å². The van der Waals surface area contributed by atoms with Crippen molar-refractivity contribution < 1.29 is 19.4 Å². The lowest BCUT2D eigenvalue weighted by molar-refractivity contribution is -0.142. The number of aliphatic carboxylic acids is 1. The molecule has 0 aromatic heterocycles. The van der Waals surface area contributed by atoms with Crippen LogP contribution in [0.25, 0.3) is 0 Å². The Kier molecular flexibility index (Phi) is 6.49. The number of nitrogens with one attached hydrogen (secondary N) is 1. The maximum absolute atomic E-state index is 12.0. The first-order valence-electron chi connectivity index (χ1n) is 6.68. The third-order valence-electron chi connectivity index (χ3n) is 2.97. The summed E-state index contributed by atoms with van der Waals surface area (Å²) in [6.07, 6.45) is 0.353. The highest BCUT2D eigenvalue weighted by Crippen LogP contribution is 2.26. The first-order chi connectivity index (χ1) is 9.85. The summed E-state index contributed by atoms with van der Waals surface area (Å²) in [6.45, 7) is 3.80. The first kappa shape index (κ1) is 17.3. The molecule has 0 spiro atoms. The van der Waals surface area contributed by atoms with E-state index in [0.29, 0.717) is 22.8 Å². The van der Waals surface area contributed by atoms with Gasteiger partial charge in [0.25, 0.3) is 0 Å². The highest BCUT2D eigenvalue weighted by Gasteiger charge is 2.22. The fraction of sp³-hybridized carbons (Fsp3) is 0.467. The summed E-state index contributed by atoms with van der Waals surface area (Å²) in [5.74, 6) is -0.757. The third-order valence-corrected chi connectivity index (χ3v) is 3.33. The number of carboxylic acids is 1. The van der Waals surface area contributed by atoms with Crippen molar-refractivity contribution in [3.63, 3.8) is 0 Å². The number of ether oxygens (including phenoxy) is 1. The standard InChI is InChI=1S/C15H20ClNO4/c1-9(2)7-12(15(19)20)17-14(18)8-10-11(16)5-4-6-13(10)21-3/h4-6,9,12H,7-8H2,1-3H3,(H,17,18)(H,19,20)/t12-/m1/s1. The number of rotatable bonds is 7. The Morgan fingerprint density at radius 2 is 2.05 bits per heavy atom. The molecular formula is C15H20ClNO4. The van der Waals surface area contributed by atoms with Crippen LogP contribution in [0.2, 0.25) is 5.02 Å². The van der Waals surface area contributed by atoms with E-state index in [1.807, 2.05) is 13.8 Å². The SMILES string of the molecule is COc1cccc(Cl)c1CC(=O)N[C@H](CC(C)C)C(=O)O. The maximum atomic E-state index is 12.0. The van der Waals surface area contributed by atoms with Crippen LogP contribution in [0.5, 0.6) is 5.75 Å². The van der Waals surface area contributed by atoms with Crippen molar-refractivity contribution in [1.29, 1.82) is 0 Å². The van der Waals surface area contributed by atoms with Gasteiger partial charge < -0.3 is 15.2 Å². The predicted molar refractivity (Wildman–Crippen MR) is 80.7 cm³/mol. The summed E-state index contributed by atoms with van der Waals surface area (Å²) in [7, 11) is 1.49. The molecular weight excluding hydrogens is 294 g/mol. The Hall–Kier alpha value is -1.75. The molecule has 0 bridgehead atoms. The molecule has 6 heteroatoms. The van der Waals surface area contributed by atoms with E-state index in [9.17, 15) is 9.59 Å². The maximum Gasteiger partial charge on any atom is 0.326 e. The molecule has 0 fully saturated rings. The van der Waals surface area contributed by atoms with E-state index >= 15 is 0 Å². The van der Waals surface area contributed by atoms with E-state index in [1.54, 1.807) is 18.2 Å². The van der Waals surface area contributed by atoms with Gasteiger partial charge in [-0.05, 0) is 24.5 Å². The number of carbonyl (C=O) groups is 2. The summed E-state index contributed by atoms with van der Waals surface area (Å²) in [4.78, 5) is 23.2. The third kappa shape index (κ3) is 5.27. The molecule has 1 aromatic rings. The monoisotopic (exact) mass is 313 g/mol. The van der Waals surface area contributed by atoms with Gasteiger partial charge in [0.05, 0.1) is 13.5 Å². The van der Waals surface area contributed by atoms with Crippen LogP contribution in [-0.2, 0) is 16.0 Å². The van der Waals surface area contributed by atoms with E-state index in [-0.39, 0.29) is 12.3 Å². The van der Waals surface area contributed by atoms with Crippen LogP contribution in [0.4, 0.5) is 0 Å². The fourth-order valence-electron chi connectivity index (χ4n) is 2.00. The molecule has 0 aliphatic carbocycles. The molecule has 0 saturated heterocycles. The highest BCUT2D eigenvalue weighted by atomic mass is 35.5. The van der Waals surface area contributed by atoms with Gasteiger partial charge in [-0.25, -0.2) is 4.79 Å². The predicted octanol–water partition coefficient (Wildman–Crippen LogP) is 2.51. The van der Waals surface area contributed by atoms with E-state index in [2.05, 4.69) is 5.32 Å². The second kappa shape index (κ2) is 7.88. The molecule has 21 heavy (non-hydrogen) atoms. The van der Waals surface area contributed by atoms with Gasteiger partial charge in [0.2, 0.25) is 5.91 Å². The zero-order valence-corrected chi connectivity index (χ0v) is 13.1. The van der Waals surface area contributed by atoms with Crippen molar-refractivity contribution in [2.24, 2.45) is 5.92 Å². The number of halogens is 1. The van der Waals surface area contributed by atoms with Crippen molar-refractivity contribution in [3.05, 3.63) is 28.8 Å². The van der Waals surface area contributed by atoms with E-state index in [1.165, 1.54) is 7.11 Å². The number of hydrogen-bond donors (Lipinski definition) is 2. The van der Waals surface area contributed by atoms with Gasteiger partial charge in [0.15, 0.2) is 0 Å². The van der Waals surface area contributed by atoms with Gasteiger partial charge >= 0.3 is 5.97 Å². The smallest absolute Gasteiger partial charge is 0.326 e. The molecule has 1 aromatic carbocycles. The Balaban J connectivity index is 2.79. The van der Waals surface area contributed by atoms with Crippen LogP contribution < -0.4 is 10.1 Å². The summed E-state index contributed by atoms with van der Waals surface area (Å²) in [5, 5.41) is 12.1. The molecule has 1 rings (SSSR count). The minimum absolute atomic E-state index is 0.0231. The summed E-state index contributed by atoms with van der Waals surface area (Å²) in [6, 6.07) is 4.19. The normalized spacial score (nSPS) is 12.0. The van der Waals surface area contributed by atoms with Crippen LogP contribution in [-0.4, -0.2) is 30.1 Å². The second-order valence-corrected chi connectivity index (χ2v) is 5.59. The molecule has 1 amide bonds. The van der Waals surface area contributed by atoms with Gasteiger partial charge in [-0.3, -0.25) is 4.79 Å². The first-order valence-corrected chi connectivity index (χ1v) is 7.06. The number of amides is 1. The lowest BCUT2D eigenvalue weighted by Gasteiger charge is -2.17. The molecule has 0 aliphatic rings. The lowest BCUT2D eigenvalue weighted by atomic mass is 10.0. The van der Waals surface area contributed by atoms with Crippen LogP contribution in [0, 0.1) is 5.92 Å². The van der Waals surface area contributed by atoms with E-state index in [0.717, 1.165) is 0 Å². The molecule has 0 saturated carbocycles. The Morgan fingerprint density at radius 1 is 1.38 bits per heavy atom. The van der Waals surface area contributed by atoms with Crippen molar-refractivity contribution in [1.82, 2.24) is 5.32 Å². The minimum Gasteiger partial charge on any atom is -0.496 e. The molecule has 116 valence electrons. The van der Waals surface area contributed by atoms with E-state index < -0.39 is 17.9 Å². The van der Waals surface area contributed by atoms with Crippen molar-refractivity contribution in [2.45, 2.75) is 32.7 Å². The Labute approximate surface area is 129 Å². The summed E-state index contributed by atoms with van der Waals surface area (Å²) >= 11 is 6.06. The average Bonchev–Trinajstić information content (AvgIpc) is 2.39. The molecule has 0 aliphatic heterocycles. The second-order valence-electron chi connectivity index (χ2n) is 5.19. The van der Waals surface area contributed by atoms with Gasteiger partial charge in [-0.2, -0.15) is 0 Å². The molecule has 0 unspecified atom stereocenters. The van der Waals surface area contributed by atoms with Gasteiger partial charge in [-0.1, -0.05) is 31.5 Å². The van der Waals surface area contributed by atoms with Crippen molar-refractivity contribution >= 4 is 23.5 Å². The number of carbonyl (C=O) groups excluding carboxylic acids is 1. The minimum atomic E-state index is -1.04. The summed E-state index contributed by atoms with van der Waals surface area (Å²) < 4.78 is 5.16.